The Morgan fingerprint density at radius 3 is 2.40 bits per heavy atom. The number of nitrogens with zero attached hydrogens (tertiary/aromatic N) is 2. The Labute approximate surface area is 116 Å². The van der Waals surface area contributed by atoms with E-state index in [0.717, 1.165) is 6.42 Å². The van der Waals surface area contributed by atoms with Crippen LogP contribution in [0.2, 0.25) is 0 Å². The number of hydrogen-bond acceptors (Lipinski definition) is 3. The van der Waals surface area contributed by atoms with E-state index in [1.807, 2.05) is 6.92 Å². The number of hydrogen-bond donors (Lipinski definition) is 0. The van der Waals surface area contributed by atoms with Crippen molar-refractivity contribution in [3.63, 3.8) is 0 Å². The molecular weight excluding hydrogens is 256 g/mol. The van der Waals surface area contributed by atoms with Crippen LogP contribution in [-0.4, -0.2) is 15.0 Å². The lowest BCUT2D eigenvalue weighted by Gasteiger charge is -2.10. The molecule has 104 valence electrons. The SMILES string of the molecule is CCCn1cc(C)c(=O)n(C(=O)c2ccccc2)c1=O. The summed E-state index contributed by atoms with van der Waals surface area (Å²) >= 11 is 0. The largest absolute Gasteiger partial charge is 0.338 e. The van der Waals surface area contributed by atoms with Gasteiger partial charge in [-0.3, -0.25) is 14.2 Å². The summed E-state index contributed by atoms with van der Waals surface area (Å²) in [4.78, 5) is 36.7. The number of aromatic nitrogens is 2. The van der Waals surface area contributed by atoms with Gasteiger partial charge in [0.2, 0.25) is 0 Å². The molecule has 0 atom stereocenters. The smallest absolute Gasteiger partial charge is 0.300 e. The highest BCUT2D eigenvalue weighted by Crippen LogP contribution is 2.00. The van der Waals surface area contributed by atoms with Crippen LogP contribution >= 0.6 is 0 Å². The first kappa shape index (κ1) is 14.0. The number of carbonyl (C=O) groups is 1. The number of aryl methyl sites for hydroxylation is 2. The summed E-state index contributed by atoms with van der Waals surface area (Å²) in [6.45, 7) is 4.00. The van der Waals surface area contributed by atoms with Crippen molar-refractivity contribution in [1.82, 2.24) is 9.13 Å². The monoisotopic (exact) mass is 272 g/mol. The third-order valence-corrected chi connectivity index (χ3v) is 3.02. The summed E-state index contributed by atoms with van der Waals surface area (Å²) in [5, 5.41) is 0. The van der Waals surface area contributed by atoms with E-state index in [2.05, 4.69) is 0 Å². The van der Waals surface area contributed by atoms with Gasteiger partial charge >= 0.3 is 5.69 Å². The molecule has 0 spiro atoms. The average Bonchev–Trinajstić information content (AvgIpc) is 2.46. The van der Waals surface area contributed by atoms with Crippen molar-refractivity contribution in [3.05, 3.63) is 68.5 Å². The molecule has 1 aromatic heterocycles. The molecule has 0 aliphatic rings. The number of carbonyl (C=O) groups excluding carboxylic acids is 1. The first-order chi connectivity index (χ1) is 9.56. The molecule has 5 nitrogen and oxygen atoms in total. The second kappa shape index (κ2) is 5.69. The van der Waals surface area contributed by atoms with Crippen LogP contribution in [0.4, 0.5) is 0 Å². The molecule has 1 aromatic carbocycles. The van der Waals surface area contributed by atoms with Crippen molar-refractivity contribution in [2.75, 3.05) is 0 Å². The maximum absolute atomic E-state index is 12.3. The van der Waals surface area contributed by atoms with E-state index in [0.29, 0.717) is 22.2 Å². The predicted octanol–water partition coefficient (Wildman–Crippen LogP) is 1.42. The van der Waals surface area contributed by atoms with Crippen molar-refractivity contribution in [3.8, 4) is 0 Å². The zero-order valence-electron chi connectivity index (χ0n) is 11.5. The molecule has 0 aliphatic heterocycles. The first-order valence-corrected chi connectivity index (χ1v) is 6.49. The van der Waals surface area contributed by atoms with E-state index < -0.39 is 17.2 Å². The van der Waals surface area contributed by atoms with Gasteiger partial charge in [0.15, 0.2) is 0 Å². The standard InChI is InChI=1S/C15H16N2O3/c1-3-9-16-10-11(2)13(18)17(15(16)20)14(19)12-7-5-4-6-8-12/h4-8,10H,3,9H2,1-2H3. The summed E-state index contributed by atoms with van der Waals surface area (Å²) in [7, 11) is 0. The average molecular weight is 272 g/mol. The molecular formula is C15H16N2O3. The van der Waals surface area contributed by atoms with Gasteiger partial charge in [0, 0.05) is 23.9 Å². The lowest BCUT2D eigenvalue weighted by atomic mass is 10.2. The van der Waals surface area contributed by atoms with Gasteiger partial charge in [-0.2, -0.15) is 4.57 Å². The lowest BCUT2D eigenvalue weighted by Crippen LogP contribution is -2.44. The maximum atomic E-state index is 12.3. The molecule has 2 rings (SSSR count). The van der Waals surface area contributed by atoms with E-state index in [1.54, 1.807) is 37.3 Å². The Morgan fingerprint density at radius 1 is 1.15 bits per heavy atom. The highest BCUT2D eigenvalue weighted by Gasteiger charge is 2.16. The van der Waals surface area contributed by atoms with Crippen LogP contribution in [0.1, 0.15) is 29.3 Å². The molecule has 0 amide bonds. The maximum Gasteiger partial charge on any atom is 0.338 e. The molecule has 0 N–H and O–H groups in total. The van der Waals surface area contributed by atoms with Gasteiger partial charge in [0.05, 0.1) is 0 Å². The van der Waals surface area contributed by atoms with E-state index in [1.165, 1.54) is 10.8 Å². The molecule has 0 radical (unpaired) electrons. The van der Waals surface area contributed by atoms with Crippen LogP contribution < -0.4 is 11.2 Å². The second-order valence-corrected chi connectivity index (χ2v) is 4.60. The Hall–Kier alpha value is -2.43. The summed E-state index contributed by atoms with van der Waals surface area (Å²) in [6, 6.07) is 8.32. The molecule has 0 fully saturated rings. The van der Waals surface area contributed by atoms with Gasteiger partial charge in [-0.05, 0) is 25.5 Å². The van der Waals surface area contributed by atoms with Crippen LogP contribution in [0.15, 0.2) is 46.1 Å². The van der Waals surface area contributed by atoms with E-state index in [9.17, 15) is 14.4 Å². The van der Waals surface area contributed by atoms with Gasteiger partial charge in [0.25, 0.3) is 11.5 Å². The van der Waals surface area contributed by atoms with Gasteiger partial charge in [-0.1, -0.05) is 25.1 Å². The highest BCUT2D eigenvalue weighted by atomic mass is 16.2. The Bertz CT molecular complexity index is 742. The van der Waals surface area contributed by atoms with E-state index >= 15 is 0 Å². The minimum absolute atomic E-state index is 0.320. The fraction of sp³-hybridized carbons (Fsp3) is 0.267. The molecule has 0 saturated carbocycles. The molecule has 5 heteroatoms. The van der Waals surface area contributed by atoms with Crippen molar-refractivity contribution in [1.29, 1.82) is 0 Å². The Kier molecular flexibility index (Phi) is 3.98. The normalized spacial score (nSPS) is 10.5. The van der Waals surface area contributed by atoms with Crippen LogP contribution in [0, 0.1) is 6.92 Å². The number of benzene rings is 1. The van der Waals surface area contributed by atoms with Crippen molar-refractivity contribution in [2.24, 2.45) is 0 Å². The molecule has 0 unspecified atom stereocenters. The molecule has 0 aliphatic carbocycles. The lowest BCUT2D eigenvalue weighted by molar-refractivity contribution is 0.0948. The summed E-state index contributed by atoms with van der Waals surface area (Å²) in [6.07, 6.45) is 2.25. The molecule has 0 saturated heterocycles. The highest BCUT2D eigenvalue weighted by molar-refractivity contribution is 5.95. The Balaban J connectivity index is 2.65. The summed E-state index contributed by atoms with van der Waals surface area (Å²) in [5.41, 5.74) is -0.449. The van der Waals surface area contributed by atoms with Gasteiger partial charge in [-0.15, -0.1) is 0 Å². The van der Waals surface area contributed by atoms with Crippen molar-refractivity contribution in [2.45, 2.75) is 26.8 Å². The van der Waals surface area contributed by atoms with Gasteiger partial charge in [-0.25, -0.2) is 4.79 Å². The van der Waals surface area contributed by atoms with Crippen LogP contribution in [0.25, 0.3) is 0 Å². The summed E-state index contributed by atoms with van der Waals surface area (Å²) in [5.74, 6) is -0.589. The first-order valence-electron chi connectivity index (χ1n) is 6.49. The van der Waals surface area contributed by atoms with Crippen molar-refractivity contribution >= 4 is 5.91 Å². The quantitative estimate of drug-likeness (QED) is 0.849. The minimum Gasteiger partial charge on any atom is -0.300 e. The topological polar surface area (TPSA) is 61.1 Å². The van der Waals surface area contributed by atoms with Gasteiger partial charge in [0.1, 0.15) is 0 Å². The van der Waals surface area contributed by atoms with Crippen LogP contribution in [0.5, 0.6) is 0 Å². The molecule has 2 aromatic rings. The third-order valence-electron chi connectivity index (χ3n) is 3.02. The fourth-order valence-corrected chi connectivity index (χ4v) is 2.03. The molecule has 1 heterocycles. The minimum atomic E-state index is -0.589. The van der Waals surface area contributed by atoms with E-state index in [4.69, 9.17) is 0 Å². The third kappa shape index (κ3) is 2.47. The Morgan fingerprint density at radius 2 is 1.80 bits per heavy atom. The van der Waals surface area contributed by atoms with Gasteiger partial charge < -0.3 is 0 Å². The zero-order chi connectivity index (χ0) is 14.7. The van der Waals surface area contributed by atoms with Crippen LogP contribution in [-0.2, 0) is 6.54 Å². The summed E-state index contributed by atoms with van der Waals surface area (Å²) < 4.78 is 2.11. The van der Waals surface area contributed by atoms with Crippen LogP contribution in [0.3, 0.4) is 0 Å². The second-order valence-electron chi connectivity index (χ2n) is 4.60. The fourth-order valence-electron chi connectivity index (χ4n) is 2.03. The predicted molar refractivity (Wildman–Crippen MR) is 76.2 cm³/mol. The van der Waals surface area contributed by atoms with Crippen molar-refractivity contribution < 1.29 is 4.79 Å². The zero-order valence-corrected chi connectivity index (χ0v) is 11.5. The molecule has 20 heavy (non-hydrogen) atoms. The molecule has 0 bridgehead atoms. The van der Waals surface area contributed by atoms with E-state index in [-0.39, 0.29) is 0 Å². The number of rotatable bonds is 3.